The van der Waals surface area contributed by atoms with Crippen LogP contribution in [0.2, 0.25) is 0 Å². The monoisotopic (exact) mass is 399 g/mol. The number of rotatable bonds is 5. The van der Waals surface area contributed by atoms with Gasteiger partial charge >= 0.3 is 0 Å². The second kappa shape index (κ2) is 8.21. The molecule has 27 heavy (non-hydrogen) atoms. The molecule has 0 atom stereocenters. The van der Waals surface area contributed by atoms with Gasteiger partial charge in [-0.05, 0) is 18.6 Å². The van der Waals surface area contributed by atoms with Gasteiger partial charge in [-0.15, -0.1) is 22.7 Å². The standard InChI is InChI=1S/C20H21N3O2S2/c1-14-13-26-18(22-14)12-21-19(24)17-11-16(15-5-3-2-4-6-15)20(27-17)23-7-9-25-10-8-23/h2-6,11,13H,7-10,12H2,1H3,(H,21,24). The van der Waals surface area contributed by atoms with Gasteiger partial charge < -0.3 is 15.0 Å². The second-order valence-electron chi connectivity index (χ2n) is 6.36. The van der Waals surface area contributed by atoms with Crippen LogP contribution in [-0.2, 0) is 11.3 Å². The third kappa shape index (κ3) is 4.21. The summed E-state index contributed by atoms with van der Waals surface area (Å²) in [6.45, 7) is 5.55. The SMILES string of the molecule is Cc1csc(CNC(=O)c2cc(-c3ccccc3)c(N3CCOCC3)s2)n1. The number of carbonyl (C=O) groups excluding carboxylic acids is 1. The number of morpholine rings is 1. The molecule has 7 heteroatoms. The number of hydrogen-bond donors (Lipinski definition) is 1. The topological polar surface area (TPSA) is 54.5 Å². The van der Waals surface area contributed by atoms with Crippen LogP contribution >= 0.6 is 22.7 Å². The molecule has 3 aromatic rings. The van der Waals surface area contributed by atoms with Gasteiger partial charge in [-0.2, -0.15) is 0 Å². The first-order valence-electron chi connectivity index (χ1n) is 8.92. The first-order chi connectivity index (χ1) is 13.2. The van der Waals surface area contributed by atoms with Gasteiger partial charge in [0, 0.05) is 29.7 Å². The highest BCUT2D eigenvalue weighted by molar-refractivity contribution is 7.18. The number of amides is 1. The average Bonchev–Trinajstić information content (AvgIpc) is 3.34. The number of nitrogens with one attached hydrogen (secondary N) is 1. The molecule has 0 unspecified atom stereocenters. The lowest BCUT2D eigenvalue weighted by atomic mass is 10.1. The molecule has 4 rings (SSSR count). The number of anilines is 1. The number of nitrogens with zero attached hydrogens (tertiary/aromatic N) is 2. The number of benzene rings is 1. The van der Waals surface area contributed by atoms with E-state index in [4.69, 9.17) is 4.74 Å². The van der Waals surface area contributed by atoms with Crippen LogP contribution in [0.5, 0.6) is 0 Å². The summed E-state index contributed by atoms with van der Waals surface area (Å²) >= 11 is 3.12. The van der Waals surface area contributed by atoms with Crippen LogP contribution in [0, 0.1) is 6.92 Å². The van der Waals surface area contributed by atoms with Crippen molar-refractivity contribution in [1.29, 1.82) is 0 Å². The maximum absolute atomic E-state index is 12.7. The first kappa shape index (κ1) is 18.2. The van der Waals surface area contributed by atoms with Crippen LogP contribution in [0.3, 0.4) is 0 Å². The normalized spacial score (nSPS) is 14.3. The molecule has 0 bridgehead atoms. The first-order valence-corrected chi connectivity index (χ1v) is 10.6. The molecular formula is C20H21N3O2S2. The van der Waals surface area contributed by atoms with E-state index in [9.17, 15) is 4.79 Å². The number of carbonyl (C=O) groups is 1. The molecular weight excluding hydrogens is 378 g/mol. The lowest BCUT2D eigenvalue weighted by Crippen LogP contribution is -2.35. The molecule has 1 aromatic carbocycles. The highest BCUT2D eigenvalue weighted by Gasteiger charge is 2.22. The van der Waals surface area contributed by atoms with E-state index in [0.717, 1.165) is 58.0 Å². The lowest BCUT2D eigenvalue weighted by molar-refractivity contribution is 0.0955. The van der Waals surface area contributed by atoms with Crippen LogP contribution in [0.15, 0.2) is 41.8 Å². The molecule has 0 aliphatic carbocycles. The van der Waals surface area contributed by atoms with E-state index in [1.807, 2.05) is 36.6 Å². The fourth-order valence-electron chi connectivity index (χ4n) is 3.05. The zero-order valence-corrected chi connectivity index (χ0v) is 16.7. The Balaban J connectivity index is 1.59. The molecule has 2 aromatic heterocycles. The van der Waals surface area contributed by atoms with Crippen LogP contribution in [-0.4, -0.2) is 37.2 Å². The number of thiophene rings is 1. The quantitative estimate of drug-likeness (QED) is 0.706. The molecule has 3 heterocycles. The predicted octanol–water partition coefficient (Wildman–Crippen LogP) is 3.95. The van der Waals surface area contributed by atoms with Crippen molar-refractivity contribution < 1.29 is 9.53 Å². The van der Waals surface area contributed by atoms with Crippen molar-refractivity contribution in [1.82, 2.24) is 10.3 Å². The van der Waals surface area contributed by atoms with Gasteiger partial charge in [-0.3, -0.25) is 4.79 Å². The predicted molar refractivity (Wildman–Crippen MR) is 111 cm³/mol. The van der Waals surface area contributed by atoms with E-state index >= 15 is 0 Å². The minimum atomic E-state index is -0.0513. The zero-order valence-electron chi connectivity index (χ0n) is 15.1. The molecule has 1 aliphatic rings. The highest BCUT2D eigenvalue weighted by atomic mass is 32.1. The van der Waals surface area contributed by atoms with Gasteiger partial charge in [-0.25, -0.2) is 4.98 Å². The second-order valence-corrected chi connectivity index (χ2v) is 8.33. The molecule has 0 radical (unpaired) electrons. The van der Waals surface area contributed by atoms with E-state index in [1.165, 1.54) is 0 Å². The van der Waals surface area contributed by atoms with Gasteiger partial charge in [0.1, 0.15) is 5.01 Å². The fraction of sp³-hybridized carbons (Fsp3) is 0.300. The largest absolute Gasteiger partial charge is 0.378 e. The number of aromatic nitrogens is 1. The molecule has 1 aliphatic heterocycles. The van der Waals surface area contributed by atoms with Crippen LogP contribution in [0.1, 0.15) is 20.4 Å². The van der Waals surface area contributed by atoms with Crippen molar-refractivity contribution in [2.45, 2.75) is 13.5 Å². The maximum atomic E-state index is 12.7. The Morgan fingerprint density at radius 1 is 1.26 bits per heavy atom. The lowest BCUT2D eigenvalue weighted by Gasteiger charge is -2.28. The Morgan fingerprint density at radius 2 is 2.04 bits per heavy atom. The van der Waals surface area contributed by atoms with Crippen LogP contribution in [0.4, 0.5) is 5.00 Å². The van der Waals surface area contributed by atoms with Crippen LogP contribution in [0.25, 0.3) is 11.1 Å². The number of hydrogen-bond acceptors (Lipinski definition) is 6. The van der Waals surface area contributed by atoms with Crippen molar-refractivity contribution >= 4 is 33.6 Å². The van der Waals surface area contributed by atoms with Crippen molar-refractivity contribution in [2.75, 3.05) is 31.2 Å². The Morgan fingerprint density at radius 3 is 2.74 bits per heavy atom. The highest BCUT2D eigenvalue weighted by Crippen LogP contribution is 2.39. The summed E-state index contributed by atoms with van der Waals surface area (Å²) < 4.78 is 5.49. The van der Waals surface area contributed by atoms with E-state index in [-0.39, 0.29) is 5.91 Å². The van der Waals surface area contributed by atoms with E-state index in [0.29, 0.717) is 6.54 Å². The smallest absolute Gasteiger partial charge is 0.261 e. The summed E-state index contributed by atoms with van der Waals surface area (Å²) in [6, 6.07) is 12.3. The van der Waals surface area contributed by atoms with Gasteiger partial charge in [0.25, 0.3) is 5.91 Å². The molecule has 140 valence electrons. The number of thiazole rings is 1. The third-order valence-corrected chi connectivity index (χ3v) is 6.55. The minimum absolute atomic E-state index is 0.0513. The van der Waals surface area contributed by atoms with Crippen molar-refractivity contribution in [3.63, 3.8) is 0 Å². The third-order valence-electron chi connectivity index (χ3n) is 4.39. The fourth-order valence-corrected chi connectivity index (χ4v) is 4.91. The molecule has 0 spiro atoms. The molecule has 1 fully saturated rings. The summed E-state index contributed by atoms with van der Waals surface area (Å²) in [6.07, 6.45) is 0. The van der Waals surface area contributed by atoms with Gasteiger partial charge in [0.05, 0.1) is 29.6 Å². The van der Waals surface area contributed by atoms with Crippen molar-refractivity contribution in [3.8, 4) is 11.1 Å². The number of aryl methyl sites for hydroxylation is 1. The zero-order chi connectivity index (χ0) is 18.6. The summed E-state index contributed by atoms with van der Waals surface area (Å²) in [5.41, 5.74) is 3.23. The summed E-state index contributed by atoms with van der Waals surface area (Å²) in [5, 5.41) is 7.06. The van der Waals surface area contributed by atoms with E-state index < -0.39 is 0 Å². The summed E-state index contributed by atoms with van der Waals surface area (Å²) in [5.74, 6) is -0.0513. The summed E-state index contributed by atoms with van der Waals surface area (Å²) in [4.78, 5) is 20.2. The molecule has 1 amide bonds. The molecule has 1 N–H and O–H groups in total. The average molecular weight is 400 g/mol. The molecule has 0 saturated carbocycles. The Labute approximate surface area is 166 Å². The van der Waals surface area contributed by atoms with Crippen LogP contribution < -0.4 is 10.2 Å². The molecule has 5 nitrogen and oxygen atoms in total. The van der Waals surface area contributed by atoms with Gasteiger partial charge in [0.2, 0.25) is 0 Å². The van der Waals surface area contributed by atoms with Crippen molar-refractivity contribution in [2.24, 2.45) is 0 Å². The van der Waals surface area contributed by atoms with E-state index in [1.54, 1.807) is 22.7 Å². The summed E-state index contributed by atoms with van der Waals surface area (Å²) in [7, 11) is 0. The molecule has 1 saturated heterocycles. The minimum Gasteiger partial charge on any atom is -0.378 e. The maximum Gasteiger partial charge on any atom is 0.261 e. The Bertz CT molecular complexity index is 914. The van der Waals surface area contributed by atoms with Crippen molar-refractivity contribution in [3.05, 3.63) is 57.4 Å². The number of ether oxygens (including phenoxy) is 1. The Kier molecular flexibility index (Phi) is 5.52. The van der Waals surface area contributed by atoms with Gasteiger partial charge in [0.15, 0.2) is 0 Å². The van der Waals surface area contributed by atoms with E-state index in [2.05, 4.69) is 27.3 Å². The van der Waals surface area contributed by atoms with Gasteiger partial charge in [-0.1, -0.05) is 30.3 Å². The Hall–Kier alpha value is -2.22.